The Bertz CT molecular complexity index is 519. The first-order valence-corrected chi connectivity index (χ1v) is 6.78. The van der Waals surface area contributed by atoms with Crippen LogP contribution < -0.4 is 0 Å². The molecule has 5 nitrogen and oxygen atoms in total. The summed E-state index contributed by atoms with van der Waals surface area (Å²) in [6, 6.07) is 8.30. The summed E-state index contributed by atoms with van der Waals surface area (Å²) in [6.45, 7) is -0.598. The van der Waals surface area contributed by atoms with Crippen molar-refractivity contribution in [3.63, 3.8) is 0 Å². The number of rotatable bonds is 5. The van der Waals surface area contributed by atoms with E-state index in [4.69, 9.17) is 15.5 Å². The Labute approximate surface area is 99.9 Å². The van der Waals surface area contributed by atoms with Crippen LogP contribution in [0, 0.1) is 11.3 Å². The zero-order valence-corrected chi connectivity index (χ0v) is 9.89. The molecule has 1 atom stereocenters. The maximum atomic E-state index is 11.7. The van der Waals surface area contributed by atoms with Crippen molar-refractivity contribution in [3.05, 3.63) is 35.4 Å². The molecular formula is C11H13NO4S. The second-order valence-corrected chi connectivity index (χ2v) is 5.77. The minimum absolute atomic E-state index is 0.301. The lowest BCUT2D eigenvalue weighted by molar-refractivity contribution is 0.112. The fourth-order valence-electron chi connectivity index (χ4n) is 1.40. The number of hydrogen-bond donors (Lipinski definition) is 2. The first kappa shape index (κ1) is 13.6. The van der Waals surface area contributed by atoms with E-state index in [0.29, 0.717) is 11.1 Å². The molecule has 0 amide bonds. The van der Waals surface area contributed by atoms with E-state index in [1.165, 1.54) is 6.07 Å². The van der Waals surface area contributed by atoms with E-state index in [-0.39, 0.29) is 5.75 Å². The lowest BCUT2D eigenvalue weighted by Crippen LogP contribution is -2.25. The maximum absolute atomic E-state index is 11.7. The molecule has 1 aromatic rings. The van der Waals surface area contributed by atoms with E-state index in [1.54, 1.807) is 18.2 Å². The summed E-state index contributed by atoms with van der Waals surface area (Å²) in [6.07, 6.45) is -1.28. The van der Waals surface area contributed by atoms with Gasteiger partial charge >= 0.3 is 0 Å². The smallest absolute Gasteiger partial charge is 0.157 e. The van der Waals surface area contributed by atoms with E-state index in [0.717, 1.165) is 0 Å². The first-order valence-electron chi connectivity index (χ1n) is 4.96. The minimum atomic E-state index is -3.54. The molecule has 0 aliphatic heterocycles. The SMILES string of the molecule is N#Cc1ccccc1CS(=O)(=O)CC(O)CO. The van der Waals surface area contributed by atoms with Crippen LogP contribution in [0.2, 0.25) is 0 Å². The molecule has 0 bridgehead atoms. The highest BCUT2D eigenvalue weighted by Crippen LogP contribution is 2.12. The van der Waals surface area contributed by atoms with Crippen molar-refractivity contribution in [3.8, 4) is 6.07 Å². The molecule has 17 heavy (non-hydrogen) atoms. The van der Waals surface area contributed by atoms with Crippen molar-refractivity contribution < 1.29 is 18.6 Å². The topological polar surface area (TPSA) is 98.4 Å². The van der Waals surface area contributed by atoms with E-state index in [1.807, 2.05) is 6.07 Å². The van der Waals surface area contributed by atoms with Gasteiger partial charge in [-0.05, 0) is 11.6 Å². The third-order valence-corrected chi connectivity index (χ3v) is 3.81. The van der Waals surface area contributed by atoms with Crippen molar-refractivity contribution in [2.45, 2.75) is 11.9 Å². The third-order valence-electron chi connectivity index (χ3n) is 2.17. The van der Waals surface area contributed by atoms with Crippen molar-refractivity contribution in [2.24, 2.45) is 0 Å². The fourth-order valence-corrected chi connectivity index (χ4v) is 2.93. The van der Waals surface area contributed by atoms with Crippen molar-refractivity contribution in [1.82, 2.24) is 0 Å². The normalized spacial score (nSPS) is 13.0. The molecule has 0 saturated heterocycles. The van der Waals surface area contributed by atoms with Gasteiger partial charge in [0.2, 0.25) is 0 Å². The molecule has 0 radical (unpaired) electrons. The van der Waals surface area contributed by atoms with Gasteiger partial charge < -0.3 is 10.2 Å². The monoisotopic (exact) mass is 255 g/mol. The van der Waals surface area contributed by atoms with E-state index in [9.17, 15) is 8.42 Å². The molecule has 1 aromatic carbocycles. The molecule has 1 rings (SSSR count). The summed E-state index contributed by atoms with van der Waals surface area (Å²) >= 11 is 0. The highest BCUT2D eigenvalue weighted by molar-refractivity contribution is 7.90. The number of hydrogen-bond acceptors (Lipinski definition) is 5. The van der Waals surface area contributed by atoms with Gasteiger partial charge in [-0.15, -0.1) is 0 Å². The van der Waals surface area contributed by atoms with Crippen molar-refractivity contribution >= 4 is 9.84 Å². The summed E-state index contributed by atoms with van der Waals surface area (Å²) in [5, 5.41) is 26.5. The van der Waals surface area contributed by atoms with Gasteiger partial charge in [-0.25, -0.2) is 8.42 Å². The Morgan fingerprint density at radius 2 is 2.00 bits per heavy atom. The van der Waals surface area contributed by atoms with E-state index in [2.05, 4.69) is 0 Å². The molecule has 0 fully saturated rings. The predicted molar refractivity (Wildman–Crippen MR) is 61.7 cm³/mol. The number of nitrogens with zero attached hydrogens (tertiary/aromatic N) is 1. The molecule has 92 valence electrons. The summed E-state index contributed by atoms with van der Waals surface area (Å²) in [5.74, 6) is -0.822. The van der Waals surface area contributed by atoms with Crippen LogP contribution >= 0.6 is 0 Å². The lowest BCUT2D eigenvalue weighted by atomic mass is 10.1. The minimum Gasteiger partial charge on any atom is -0.394 e. The molecule has 1 unspecified atom stereocenters. The summed E-state index contributed by atoms with van der Waals surface area (Å²) < 4.78 is 23.3. The second kappa shape index (κ2) is 5.77. The number of nitriles is 1. The third kappa shape index (κ3) is 4.15. The molecule has 0 heterocycles. The summed E-state index contributed by atoms with van der Waals surface area (Å²) in [4.78, 5) is 0. The lowest BCUT2D eigenvalue weighted by Gasteiger charge is -2.09. The van der Waals surface area contributed by atoms with Crippen LogP contribution in [0.1, 0.15) is 11.1 Å². The van der Waals surface area contributed by atoms with Gasteiger partial charge in [-0.2, -0.15) is 5.26 Å². The molecule has 0 saturated carbocycles. The zero-order valence-electron chi connectivity index (χ0n) is 9.07. The average molecular weight is 255 g/mol. The molecule has 0 aliphatic carbocycles. The van der Waals surface area contributed by atoms with E-state index >= 15 is 0 Å². The van der Waals surface area contributed by atoms with Crippen LogP contribution in [0.25, 0.3) is 0 Å². The predicted octanol–water partition coefficient (Wildman–Crippen LogP) is -0.174. The Kier molecular flexibility index (Phi) is 4.63. The molecule has 2 N–H and O–H groups in total. The summed E-state index contributed by atoms with van der Waals surface area (Å²) in [5.41, 5.74) is 0.703. The van der Waals surface area contributed by atoms with Crippen LogP contribution in [-0.4, -0.2) is 37.1 Å². The first-order chi connectivity index (χ1) is 7.98. The van der Waals surface area contributed by atoms with Crippen molar-refractivity contribution in [1.29, 1.82) is 5.26 Å². The van der Waals surface area contributed by atoms with Crippen LogP contribution in [0.5, 0.6) is 0 Å². The van der Waals surface area contributed by atoms with Crippen LogP contribution in [0.4, 0.5) is 0 Å². The Balaban J connectivity index is 2.88. The average Bonchev–Trinajstić information content (AvgIpc) is 2.28. The van der Waals surface area contributed by atoms with Gasteiger partial charge in [0.15, 0.2) is 9.84 Å². The quantitative estimate of drug-likeness (QED) is 0.761. The number of aliphatic hydroxyl groups is 2. The number of sulfone groups is 1. The molecular weight excluding hydrogens is 242 g/mol. The van der Waals surface area contributed by atoms with Gasteiger partial charge in [0, 0.05) is 0 Å². The van der Waals surface area contributed by atoms with Gasteiger partial charge in [0.1, 0.15) is 0 Å². The van der Waals surface area contributed by atoms with Crippen LogP contribution in [-0.2, 0) is 15.6 Å². The molecule has 6 heteroatoms. The fraction of sp³-hybridized carbons (Fsp3) is 0.364. The Morgan fingerprint density at radius 1 is 1.35 bits per heavy atom. The maximum Gasteiger partial charge on any atom is 0.157 e. The highest BCUT2D eigenvalue weighted by Gasteiger charge is 2.18. The van der Waals surface area contributed by atoms with Crippen LogP contribution in [0.15, 0.2) is 24.3 Å². The van der Waals surface area contributed by atoms with Gasteiger partial charge in [0.25, 0.3) is 0 Å². The number of aliphatic hydroxyl groups excluding tert-OH is 2. The molecule has 0 spiro atoms. The summed E-state index contributed by atoms with van der Waals surface area (Å²) in [7, 11) is -3.54. The zero-order chi connectivity index (χ0) is 12.9. The van der Waals surface area contributed by atoms with Gasteiger partial charge in [-0.1, -0.05) is 18.2 Å². The highest BCUT2D eigenvalue weighted by atomic mass is 32.2. The second-order valence-electron chi connectivity index (χ2n) is 3.66. The molecule has 0 aliphatic rings. The molecule has 0 aromatic heterocycles. The van der Waals surface area contributed by atoms with Gasteiger partial charge in [0.05, 0.1) is 35.8 Å². The number of benzene rings is 1. The van der Waals surface area contributed by atoms with E-state index < -0.39 is 28.3 Å². The Hall–Kier alpha value is -1.42. The standard InChI is InChI=1S/C11H13NO4S/c12-5-9-3-1-2-4-10(9)7-17(15,16)8-11(14)6-13/h1-4,11,13-14H,6-8H2. The van der Waals surface area contributed by atoms with Crippen LogP contribution in [0.3, 0.4) is 0 Å². The van der Waals surface area contributed by atoms with Crippen molar-refractivity contribution in [2.75, 3.05) is 12.4 Å². The van der Waals surface area contributed by atoms with Gasteiger partial charge in [-0.3, -0.25) is 0 Å². The Morgan fingerprint density at radius 3 is 2.59 bits per heavy atom. The largest absolute Gasteiger partial charge is 0.394 e.